The fourth-order valence-electron chi connectivity index (χ4n) is 2.67. The summed E-state index contributed by atoms with van der Waals surface area (Å²) in [5, 5.41) is 4.05. The van der Waals surface area contributed by atoms with E-state index in [0.29, 0.717) is 11.1 Å². The molecule has 20 heavy (non-hydrogen) atoms. The average Bonchev–Trinajstić information content (AvgIpc) is 3.29. The normalized spacial score (nSPS) is 18.8. The van der Waals surface area contributed by atoms with Gasteiger partial charge in [-0.25, -0.2) is 9.97 Å². The third-order valence-corrected chi connectivity index (χ3v) is 4.54. The second-order valence-corrected chi connectivity index (χ2v) is 6.26. The van der Waals surface area contributed by atoms with Crippen molar-refractivity contribution in [3.63, 3.8) is 0 Å². The molecule has 0 radical (unpaired) electrons. The van der Waals surface area contributed by atoms with E-state index in [2.05, 4.69) is 21.4 Å². The lowest BCUT2D eigenvalue weighted by Crippen LogP contribution is -2.09. The quantitative estimate of drug-likeness (QED) is 0.635. The van der Waals surface area contributed by atoms with E-state index >= 15 is 0 Å². The van der Waals surface area contributed by atoms with Crippen LogP contribution in [0.1, 0.15) is 62.3 Å². The number of rotatable bonds is 5. The second-order valence-electron chi connectivity index (χ2n) is 5.91. The molecule has 0 atom stereocenters. The molecular formula is C16H22ClN3. The Morgan fingerprint density at radius 1 is 1.30 bits per heavy atom. The van der Waals surface area contributed by atoms with Gasteiger partial charge >= 0.3 is 0 Å². The molecule has 1 aromatic heterocycles. The van der Waals surface area contributed by atoms with Gasteiger partial charge in [-0.3, -0.25) is 0 Å². The van der Waals surface area contributed by atoms with Crippen LogP contribution in [0.4, 0.5) is 5.82 Å². The number of nitrogens with zero attached hydrogens (tertiary/aromatic N) is 2. The maximum absolute atomic E-state index is 6.22. The third kappa shape index (κ3) is 3.32. The number of halogens is 1. The average molecular weight is 292 g/mol. The Labute approximate surface area is 125 Å². The fraction of sp³-hybridized carbons (Fsp3) is 0.625. The molecule has 0 saturated heterocycles. The second kappa shape index (κ2) is 6.13. The number of anilines is 1. The maximum Gasteiger partial charge on any atom is 0.137 e. The van der Waals surface area contributed by atoms with Gasteiger partial charge < -0.3 is 5.32 Å². The molecule has 0 unspecified atom stereocenters. The van der Waals surface area contributed by atoms with Crippen LogP contribution in [-0.4, -0.2) is 16.5 Å². The largest absolute Gasteiger partial charge is 0.369 e. The molecular weight excluding hydrogens is 270 g/mol. The molecule has 3 nitrogen and oxygen atoms in total. The molecule has 0 aromatic carbocycles. The van der Waals surface area contributed by atoms with E-state index in [1.54, 1.807) is 5.57 Å². The minimum Gasteiger partial charge on any atom is -0.369 e. The number of aromatic nitrogens is 2. The number of allylic oxidation sites excluding steroid dienone is 1. The summed E-state index contributed by atoms with van der Waals surface area (Å²) in [6.07, 6.45) is 11.1. The van der Waals surface area contributed by atoms with Crippen molar-refractivity contribution >= 4 is 17.4 Å². The summed E-state index contributed by atoms with van der Waals surface area (Å²) in [4.78, 5) is 9.05. The SMILES string of the molecule is Cc1c(Cl)nc(C2CC2)nc1NCCC1=CCCCC1. The minimum atomic E-state index is 0.537. The van der Waals surface area contributed by atoms with Crippen LogP contribution >= 0.6 is 11.6 Å². The van der Waals surface area contributed by atoms with E-state index in [1.165, 1.54) is 38.5 Å². The molecule has 4 heteroatoms. The highest BCUT2D eigenvalue weighted by molar-refractivity contribution is 6.30. The molecule has 0 amide bonds. The highest BCUT2D eigenvalue weighted by Crippen LogP contribution is 2.39. The molecule has 0 bridgehead atoms. The van der Waals surface area contributed by atoms with Crippen LogP contribution in [0.2, 0.25) is 5.15 Å². The zero-order valence-electron chi connectivity index (χ0n) is 12.1. The molecule has 0 spiro atoms. The Balaban J connectivity index is 1.62. The first kappa shape index (κ1) is 13.9. The molecule has 1 N–H and O–H groups in total. The Morgan fingerprint density at radius 2 is 2.15 bits per heavy atom. The van der Waals surface area contributed by atoms with Gasteiger partial charge in [-0.05, 0) is 51.9 Å². The number of hydrogen-bond acceptors (Lipinski definition) is 3. The maximum atomic E-state index is 6.22. The van der Waals surface area contributed by atoms with Crippen molar-refractivity contribution in [2.45, 2.75) is 57.8 Å². The summed E-state index contributed by atoms with van der Waals surface area (Å²) < 4.78 is 0. The Hall–Kier alpha value is -1.09. The van der Waals surface area contributed by atoms with E-state index in [1.807, 2.05) is 6.92 Å². The topological polar surface area (TPSA) is 37.8 Å². The predicted octanol–water partition coefficient (Wildman–Crippen LogP) is 4.62. The van der Waals surface area contributed by atoms with Gasteiger partial charge in [0.15, 0.2) is 0 Å². The first-order valence-corrected chi connectivity index (χ1v) is 8.07. The van der Waals surface area contributed by atoms with Crippen LogP contribution in [0.5, 0.6) is 0 Å². The van der Waals surface area contributed by atoms with E-state index in [0.717, 1.165) is 30.2 Å². The molecule has 1 aromatic rings. The first-order chi connectivity index (χ1) is 9.74. The Bertz CT molecular complexity index is 521. The summed E-state index contributed by atoms with van der Waals surface area (Å²) in [7, 11) is 0. The number of hydrogen-bond donors (Lipinski definition) is 1. The van der Waals surface area contributed by atoms with Crippen molar-refractivity contribution < 1.29 is 0 Å². The van der Waals surface area contributed by atoms with Crippen molar-refractivity contribution in [3.05, 3.63) is 28.2 Å². The van der Waals surface area contributed by atoms with Crippen molar-refractivity contribution in [2.75, 3.05) is 11.9 Å². The van der Waals surface area contributed by atoms with E-state index in [-0.39, 0.29) is 0 Å². The van der Waals surface area contributed by atoms with Gasteiger partial charge in [0.2, 0.25) is 0 Å². The van der Waals surface area contributed by atoms with Crippen LogP contribution < -0.4 is 5.32 Å². The van der Waals surface area contributed by atoms with E-state index in [9.17, 15) is 0 Å². The molecule has 1 fully saturated rings. The summed E-state index contributed by atoms with van der Waals surface area (Å²) in [5.41, 5.74) is 2.55. The lowest BCUT2D eigenvalue weighted by Gasteiger charge is -2.14. The van der Waals surface area contributed by atoms with E-state index in [4.69, 9.17) is 11.6 Å². The van der Waals surface area contributed by atoms with Gasteiger partial charge in [-0.2, -0.15) is 0 Å². The smallest absolute Gasteiger partial charge is 0.137 e. The monoisotopic (exact) mass is 291 g/mol. The van der Waals surface area contributed by atoms with E-state index < -0.39 is 0 Å². The molecule has 3 rings (SSSR count). The van der Waals surface area contributed by atoms with Crippen molar-refractivity contribution in [2.24, 2.45) is 0 Å². The lowest BCUT2D eigenvalue weighted by atomic mass is 9.97. The third-order valence-electron chi connectivity index (χ3n) is 4.17. The Morgan fingerprint density at radius 3 is 2.85 bits per heavy atom. The highest BCUT2D eigenvalue weighted by atomic mass is 35.5. The van der Waals surface area contributed by atoms with Crippen molar-refractivity contribution in [1.82, 2.24) is 9.97 Å². The predicted molar refractivity (Wildman–Crippen MR) is 83.4 cm³/mol. The van der Waals surface area contributed by atoms with Gasteiger partial charge in [0, 0.05) is 18.0 Å². The summed E-state index contributed by atoms with van der Waals surface area (Å²) >= 11 is 6.22. The summed E-state index contributed by atoms with van der Waals surface area (Å²) in [6, 6.07) is 0. The van der Waals surface area contributed by atoms with Crippen LogP contribution in [0.3, 0.4) is 0 Å². The van der Waals surface area contributed by atoms with Gasteiger partial charge in [0.1, 0.15) is 16.8 Å². The van der Waals surface area contributed by atoms with Crippen molar-refractivity contribution in [1.29, 1.82) is 0 Å². The number of nitrogens with one attached hydrogen (secondary N) is 1. The first-order valence-electron chi connectivity index (χ1n) is 7.70. The molecule has 1 saturated carbocycles. The van der Waals surface area contributed by atoms with Crippen LogP contribution in [0, 0.1) is 6.92 Å². The zero-order valence-corrected chi connectivity index (χ0v) is 12.8. The van der Waals surface area contributed by atoms with Crippen LogP contribution in [-0.2, 0) is 0 Å². The fourth-order valence-corrected chi connectivity index (χ4v) is 2.85. The standard InChI is InChI=1S/C16H22ClN3/c1-11-14(17)19-16(13-7-8-13)20-15(11)18-10-9-12-5-3-2-4-6-12/h5,13H,2-4,6-10H2,1H3,(H,18,19,20). The van der Waals surface area contributed by atoms with Gasteiger partial charge in [0.05, 0.1) is 0 Å². The molecule has 2 aliphatic rings. The van der Waals surface area contributed by atoms with Gasteiger partial charge in [0.25, 0.3) is 0 Å². The van der Waals surface area contributed by atoms with Crippen molar-refractivity contribution in [3.8, 4) is 0 Å². The lowest BCUT2D eigenvalue weighted by molar-refractivity contribution is 0.679. The molecule has 1 heterocycles. The molecule has 2 aliphatic carbocycles. The zero-order chi connectivity index (χ0) is 13.9. The van der Waals surface area contributed by atoms with Gasteiger partial charge in [-0.1, -0.05) is 23.3 Å². The summed E-state index contributed by atoms with van der Waals surface area (Å²) in [5.74, 6) is 2.37. The van der Waals surface area contributed by atoms with Crippen LogP contribution in [0.25, 0.3) is 0 Å². The summed E-state index contributed by atoms with van der Waals surface area (Å²) in [6.45, 7) is 2.92. The minimum absolute atomic E-state index is 0.537. The van der Waals surface area contributed by atoms with Crippen LogP contribution in [0.15, 0.2) is 11.6 Å². The molecule has 0 aliphatic heterocycles. The van der Waals surface area contributed by atoms with Gasteiger partial charge in [-0.15, -0.1) is 0 Å². The molecule has 108 valence electrons. The highest BCUT2D eigenvalue weighted by Gasteiger charge is 2.27. The Kier molecular flexibility index (Phi) is 4.25.